The summed E-state index contributed by atoms with van der Waals surface area (Å²) in [4.78, 5) is 1.34. The van der Waals surface area contributed by atoms with Gasteiger partial charge in [-0.25, -0.2) is 4.68 Å². The van der Waals surface area contributed by atoms with Crippen LogP contribution in [0.2, 0.25) is 0 Å². The molecular formula is C16H22F3N5. The molecule has 0 fully saturated rings. The number of hydrogen-bond donors (Lipinski definition) is 0. The lowest BCUT2D eigenvalue weighted by Gasteiger charge is -2.23. The maximum absolute atomic E-state index is 12.9. The van der Waals surface area contributed by atoms with Gasteiger partial charge in [-0.1, -0.05) is 36.8 Å². The Hall–Kier alpha value is -1.96. The highest BCUT2D eigenvalue weighted by Gasteiger charge is 2.31. The van der Waals surface area contributed by atoms with Gasteiger partial charge in [0.15, 0.2) is 5.82 Å². The predicted molar refractivity (Wildman–Crippen MR) is 84.3 cm³/mol. The first-order valence-corrected chi connectivity index (χ1v) is 7.97. The number of halogens is 3. The van der Waals surface area contributed by atoms with Crippen molar-refractivity contribution in [1.82, 2.24) is 25.1 Å². The van der Waals surface area contributed by atoms with Crippen molar-refractivity contribution in [2.75, 3.05) is 13.1 Å². The van der Waals surface area contributed by atoms with Gasteiger partial charge in [-0.05, 0) is 35.8 Å². The molecule has 24 heavy (non-hydrogen) atoms. The molecule has 0 saturated heterocycles. The third-order valence-electron chi connectivity index (χ3n) is 3.65. The van der Waals surface area contributed by atoms with E-state index < -0.39 is 12.7 Å². The molecule has 0 aliphatic carbocycles. The molecule has 2 aromatic rings. The van der Waals surface area contributed by atoms with Crippen LogP contribution in [0.15, 0.2) is 24.3 Å². The molecule has 0 aliphatic rings. The van der Waals surface area contributed by atoms with E-state index in [1.807, 2.05) is 38.1 Å². The molecule has 0 spiro atoms. The lowest BCUT2D eigenvalue weighted by atomic mass is 10.1. The Morgan fingerprint density at radius 1 is 1.17 bits per heavy atom. The molecule has 0 N–H and O–H groups in total. The largest absolute Gasteiger partial charge is 0.401 e. The van der Waals surface area contributed by atoms with Gasteiger partial charge in [-0.15, -0.1) is 5.10 Å². The smallest absolute Gasteiger partial charge is 0.287 e. The van der Waals surface area contributed by atoms with Crippen molar-refractivity contribution < 1.29 is 13.2 Å². The average molecular weight is 341 g/mol. The van der Waals surface area contributed by atoms with Crippen LogP contribution in [0.3, 0.4) is 0 Å². The zero-order chi connectivity index (χ0) is 17.6. The van der Waals surface area contributed by atoms with E-state index in [0.29, 0.717) is 25.3 Å². The summed E-state index contributed by atoms with van der Waals surface area (Å²) in [6, 6.07) is 7.82. The Labute approximate surface area is 139 Å². The second kappa shape index (κ2) is 8.23. The summed E-state index contributed by atoms with van der Waals surface area (Å²) in [6.07, 6.45) is -2.89. The summed E-state index contributed by atoms with van der Waals surface area (Å²) in [5, 5.41) is 11.3. The van der Waals surface area contributed by atoms with Crippen molar-refractivity contribution in [1.29, 1.82) is 0 Å². The van der Waals surface area contributed by atoms with Crippen LogP contribution in [-0.2, 0) is 19.5 Å². The Kier molecular flexibility index (Phi) is 6.30. The predicted octanol–water partition coefficient (Wildman–Crippen LogP) is 3.00. The number of aryl methyl sites for hydroxylation is 2. The van der Waals surface area contributed by atoms with E-state index in [0.717, 1.165) is 17.5 Å². The van der Waals surface area contributed by atoms with Crippen LogP contribution in [0.1, 0.15) is 30.3 Å². The van der Waals surface area contributed by atoms with Crippen LogP contribution in [0.4, 0.5) is 13.2 Å². The highest BCUT2D eigenvalue weighted by atomic mass is 19.4. The van der Waals surface area contributed by atoms with Crippen LogP contribution in [0.5, 0.6) is 0 Å². The van der Waals surface area contributed by atoms with Crippen LogP contribution in [0, 0.1) is 6.92 Å². The number of rotatable bonds is 8. The minimum atomic E-state index is -4.25. The van der Waals surface area contributed by atoms with Gasteiger partial charge in [-0.2, -0.15) is 13.2 Å². The molecule has 0 radical (unpaired) electrons. The second-order valence-corrected chi connectivity index (χ2v) is 5.88. The molecule has 0 atom stereocenters. The van der Waals surface area contributed by atoms with Crippen molar-refractivity contribution in [2.45, 2.75) is 46.0 Å². The standard InChI is InChI=1S/C16H22F3N5/c1-3-9-24-15(20-21-22-24)11-23(12-16(17,18)19)10-8-14-6-4-13(2)5-7-14/h4-7H,3,8-12H2,1-2H3. The first-order valence-electron chi connectivity index (χ1n) is 7.97. The third kappa shape index (κ3) is 5.92. The zero-order valence-electron chi connectivity index (χ0n) is 13.9. The molecule has 1 aromatic carbocycles. The monoisotopic (exact) mass is 341 g/mol. The number of hydrogen-bond acceptors (Lipinski definition) is 4. The number of tetrazole rings is 1. The number of nitrogens with zero attached hydrogens (tertiary/aromatic N) is 5. The van der Waals surface area contributed by atoms with Crippen LogP contribution in [-0.4, -0.2) is 44.4 Å². The average Bonchev–Trinajstić information content (AvgIpc) is 2.92. The SMILES string of the molecule is CCCn1nnnc1CN(CCc1ccc(C)cc1)CC(F)(F)F. The van der Waals surface area contributed by atoms with Crippen LogP contribution >= 0.6 is 0 Å². The van der Waals surface area contributed by atoms with E-state index in [9.17, 15) is 13.2 Å². The third-order valence-corrected chi connectivity index (χ3v) is 3.65. The summed E-state index contributed by atoms with van der Waals surface area (Å²) in [5.74, 6) is 0.463. The van der Waals surface area contributed by atoms with Gasteiger partial charge >= 0.3 is 6.18 Å². The molecule has 1 heterocycles. The summed E-state index contributed by atoms with van der Waals surface area (Å²) >= 11 is 0. The lowest BCUT2D eigenvalue weighted by molar-refractivity contribution is -0.147. The Morgan fingerprint density at radius 3 is 2.50 bits per heavy atom. The van der Waals surface area contributed by atoms with Crippen LogP contribution in [0.25, 0.3) is 0 Å². The molecule has 132 valence electrons. The Bertz CT molecular complexity index is 621. The molecule has 0 unspecified atom stereocenters. The summed E-state index contributed by atoms with van der Waals surface area (Å²) in [7, 11) is 0. The number of alkyl halides is 3. The van der Waals surface area contributed by atoms with Crippen molar-refractivity contribution in [2.24, 2.45) is 0 Å². The highest BCUT2D eigenvalue weighted by Crippen LogP contribution is 2.18. The normalized spacial score (nSPS) is 12.1. The van der Waals surface area contributed by atoms with E-state index >= 15 is 0 Å². The van der Waals surface area contributed by atoms with E-state index in [-0.39, 0.29) is 6.54 Å². The van der Waals surface area contributed by atoms with E-state index in [4.69, 9.17) is 0 Å². The van der Waals surface area contributed by atoms with Gasteiger partial charge in [0.25, 0.3) is 0 Å². The van der Waals surface area contributed by atoms with Gasteiger partial charge in [-0.3, -0.25) is 4.90 Å². The molecular weight excluding hydrogens is 319 g/mol. The lowest BCUT2D eigenvalue weighted by Crippen LogP contribution is -2.36. The minimum absolute atomic E-state index is 0.0817. The van der Waals surface area contributed by atoms with Gasteiger partial charge in [0, 0.05) is 13.1 Å². The number of aromatic nitrogens is 4. The van der Waals surface area contributed by atoms with Crippen molar-refractivity contribution in [3.63, 3.8) is 0 Å². The molecule has 5 nitrogen and oxygen atoms in total. The first kappa shape index (κ1) is 18.4. The molecule has 0 amide bonds. The zero-order valence-corrected chi connectivity index (χ0v) is 13.9. The maximum Gasteiger partial charge on any atom is 0.401 e. The van der Waals surface area contributed by atoms with Gasteiger partial charge in [0.1, 0.15) is 0 Å². The second-order valence-electron chi connectivity index (χ2n) is 5.88. The van der Waals surface area contributed by atoms with Crippen LogP contribution < -0.4 is 0 Å². The van der Waals surface area contributed by atoms with Gasteiger partial charge in [0.05, 0.1) is 13.1 Å². The Morgan fingerprint density at radius 2 is 1.88 bits per heavy atom. The summed E-state index contributed by atoms with van der Waals surface area (Å²) in [5.41, 5.74) is 2.14. The minimum Gasteiger partial charge on any atom is -0.287 e. The topological polar surface area (TPSA) is 46.8 Å². The first-order chi connectivity index (χ1) is 11.4. The Balaban J connectivity index is 2.03. The van der Waals surface area contributed by atoms with Crippen molar-refractivity contribution >= 4 is 0 Å². The maximum atomic E-state index is 12.9. The van der Waals surface area contributed by atoms with Crippen molar-refractivity contribution in [3.05, 3.63) is 41.2 Å². The summed E-state index contributed by atoms with van der Waals surface area (Å²) < 4.78 is 40.1. The van der Waals surface area contributed by atoms with Crippen molar-refractivity contribution in [3.8, 4) is 0 Å². The fraction of sp³-hybridized carbons (Fsp3) is 0.562. The van der Waals surface area contributed by atoms with Gasteiger partial charge < -0.3 is 0 Å². The fourth-order valence-electron chi connectivity index (χ4n) is 2.43. The molecule has 2 rings (SSSR count). The van der Waals surface area contributed by atoms with Gasteiger partial charge in [0.2, 0.25) is 0 Å². The molecule has 0 saturated carbocycles. The molecule has 0 aliphatic heterocycles. The van der Waals surface area contributed by atoms with E-state index in [1.165, 1.54) is 4.90 Å². The molecule has 1 aromatic heterocycles. The van der Waals surface area contributed by atoms with E-state index in [1.54, 1.807) is 4.68 Å². The number of benzene rings is 1. The molecule has 8 heteroatoms. The fourth-order valence-corrected chi connectivity index (χ4v) is 2.43. The molecule has 0 bridgehead atoms. The highest BCUT2D eigenvalue weighted by molar-refractivity contribution is 5.21. The van der Waals surface area contributed by atoms with E-state index in [2.05, 4.69) is 15.5 Å². The summed E-state index contributed by atoms with van der Waals surface area (Å²) in [6.45, 7) is 3.95. The quantitative estimate of drug-likeness (QED) is 0.740.